The highest BCUT2D eigenvalue weighted by Crippen LogP contribution is 2.38. The van der Waals surface area contributed by atoms with Gasteiger partial charge in [0.05, 0.1) is 14.2 Å². The molecule has 0 amide bonds. The Hall–Kier alpha value is -2.04. The van der Waals surface area contributed by atoms with Gasteiger partial charge in [0.2, 0.25) is 5.75 Å². The molecule has 1 aromatic rings. The normalized spacial score (nSPS) is 9.59. The van der Waals surface area contributed by atoms with Crippen LogP contribution < -0.4 is 14.2 Å². The molecule has 17 heavy (non-hydrogen) atoms. The summed E-state index contributed by atoms with van der Waals surface area (Å²) < 4.78 is 15.2. The smallest absolute Gasteiger partial charge is 0.311 e. The molecule has 5 heteroatoms. The van der Waals surface area contributed by atoms with Crippen molar-refractivity contribution >= 4 is 12.3 Å². The molecule has 5 nitrogen and oxygen atoms in total. The second-order valence-electron chi connectivity index (χ2n) is 3.20. The fourth-order valence-electron chi connectivity index (χ4n) is 1.25. The molecule has 0 N–H and O–H groups in total. The second-order valence-corrected chi connectivity index (χ2v) is 3.20. The molecule has 0 bridgehead atoms. The average Bonchev–Trinajstić information content (AvgIpc) is 2.38. The maximum atomic E-state index is 11.3. The van der Waals surface area contributed by atoms with E-state index in [1.807, 2.05) is 0 Å². The van der Waals surface area contributed by atoms with E-state index in [9.17, 15) is 9.59 Å². The van der Waals surface area contributed by atoms with Crippen molar-refractivity contribution in [2.45, 2.75) is 13.3 Å². The van der Waals surface area contributed by atoms with Crippen molar-refractivity contribution in [3.8, 4) is 17.2 Å². The van der Waals surface area contributed by atoms with Crippen molar-refractivity contribution in [1.29, 1.82) is 0 Å². The molecule has 0 saturated carbocycles. The van der Waals surface area contributed by atoms with Crippen LogP contribution >= 0.6 is 0 Å². The third-order valence-corrected chi connectivity index (χ3v) is 2.12. The highest BCUT2D eigenvalue weighted by atomic mass is 16.6. The number of aldehydes is 1. The molecule has 0 unspecified atom stereocenters. The molecule has 0 aliphatic rings. The predicted octanol–water partition coefficient (Wildman–Crippen LogP) is 1.83. The van der Waals surface area contributed by atoms with Gasteiger partial charge in [-0.05, 0) is 12.1 Å². The molecule has 0 spiro atoms. The van der Waals surface area contributed by atoms with Crippen molar-refractivity contribution in [3.05, 3.63) is 17.7 Å². The molecule has 0 aliphatic carbocycles. The molecule has 0 heterocycles. The van der Waals surface area contributed by atoms with Gasteiger partial charge in [0, 0.05) is 12.0 Å². The van der Waals surface area contributed by atoms with Crippen LogP contribution in [0.15, 0.2) is 12.1 Å². The van der Waals surface area contributed by atoms with Crippen molar-refractivity contribution in [2.24, 2.45) is 0 Å². The average molecular weight is 238 g/mol. The zero-order chi connectivity index (χ0) is 12.8. The van der Waals surface area contributed by atoms with E-state index in [0.29, 0.717) is 11.8 Å². The van der Waals surface area contributed by atoms with Gasteiger partial charge < -0.3 is 14.2 Å². The van der Waals surface area contributed by atoms with Crippen LogP contribution in [0, 0.1) is 0 Å². The molecule has 0 saturated heterocycles. The monoisotopic (exact) mass is 238 g/mol. The minimum atomic E-state index is -0.402. The molecule has 0 aliphatic heterocycles. The molecule has 0 radical (unpaired) electrons. The van der Waals surface area contributed by atoms with E-state index in [-0.39, 0.29) is 23.7 Å². The van der Waals surface area contributed by atoms with Gasteiger partial charge in [-0.3, -0.25) is 9.59 Å². The van der Waals surface area contributed by atoms with Crippen LogP contribution in [-0.2, 0) is 4.79 Å². The number of hydrogen-bond acceptors (Lipinski definition) is 5. The quantitative estimate of drug-likeness (QED) is 0.445. The van der Waals surface area contributed by atoms with Gasteiger partial charge in [0.25, 0.3) is 0 Å². The first kappa shape index (κ1) is 13.0. The maximum absolute atomic E-state index is 11.3. The number of ether oxygens (including phenoxy) is 3. The Morgan fingerprint density at radius 2 is 1.76 bits per heavy atom. The highest BCUT2D eigenvalue weighted by Gasteiger charge is 2.16. The van der Waals surface area contributed by atoms with Crippen LogP contribution in [0.2, 0.25) is 0 Å². The van der Waals surface area contributed by atoms with Crippen molar-refractivity contribution < 1.29 is 23.8 Å². The third-order valence-electron chi connectivity index (χ3n) is 2.12. The summed E-state index contributed by atoms with van der Waals surface area (Å²) in [7, 11) is 2.85. The fourth-order valence-corrected chi connectivity index (χ4v) is 1.25. The summed E-state index contributed by atoms with van der Waals surface area (Å²) in [5, 5.41) is 0. The summed E-state index contributed by atoms with van der Waals surface area (Å²) in [6, 6.07) is 2.96. The lowest BCUT2D eigenvalue weighted by molar-refractivity contribution is -0.134. The number of esters is 1. The number of hydrogen-bond donors (Lipinski definition) is 0. The van der Waals surface area contributed by atoms with Gasteiger partial charge in [0.1, 0.15) is 6.29 Å². The highest BCUT2D eigenvalue weighted by molar-refractivity contribution is 5.80. The van der Waals surface area contributed by atoms with Crippen molar-refractivity contribution in [3.63, 3.8) is 0 Å². The molecule has 1 aromatic carbocycles. The van der Waals surface area contributed by atoms with E-state index < -0.39 is 5.97 Å². The maximum Gasteiger partial charge on any atom is 0.311 e. The zero-order valence-electron chi connectivity index (χ0n) is 9.98. The number of benzene rings is 1. The zero-order valence-corrected chi connectivity index (χ0v) is 9.98. The van der Waals surface area contributed by atoms with Crippen LogP contribution in [0.4, 0.5) is 0 Å². The van der Waals surface area contributed by atoms with Crippen LogP contribution in [0.1, 0.15) is 23.7 Å². The van der Waals surface area contributed by atoms with Gasteiger partial charge >= 0.3 is 5.97 Å². The Morgan fingerprint density at radius 3 is 2.12 bits per heavy atom. The Bertz CT molecular complexity index is 400. The van der Waals surface area contributed by atoms with Crippen molar-refractivity contribution in [1.82, 2.24) is 0 Å². The first-order chi connectivity index (χ1) is 8.15. The lowest BCUT2D eigenvalue weighted by atomic mass is 10.2. The van der Waals surface area contributed by atoms with E-state index >= 15 is 0 Å². The summed E-state index contributed by atoms with van der Waals surface area (Å²) in [6.45, 7) is 1.68. The minimum absolute atomic E-state index is 0.187. The summed E-state index contributed by atoms with van der Waals surface area (Å²) in [5.74, 6) is 0.356. The Morgan fingerprint density at radius 1 is 1.24 bits per heavy atom. The number of rotatable bonds is 5. The number of carbonyl (C=O) groups excluding carboxylic acids is 2. The van der Waals surface area contributed by atoms with Gasteiger partial charge in [-0.2, -0.15) is 0 Å². The largest absolute Gasteiger partial charge is 0.493 e. The van der Waals surface area contributed by atoms with E-state index in [0.717, 1.165) is 0 Å². The molecule has 0 aromatic heterocycles. The molecule has 0 fully saturated rings. The van der Waals surface area contributed by atoms with Gasteiger partial charge in [-0.25, -0.2) is 0 Å². The topological polar surface area (TPSA) is 61.8 Å². The fraction of sp³-hybridized carbons (Fsp3) is 0.333. The molecule has 1 rings (SSSR count). The van der Waals surface area contributed by atoms with E-state index in [4.69, 9.17) is 14.2 Å². The molecular weight excluding hydrogens is 224 g/mol. The van der Waals surface area contributed by atoms with Gasteiger partial charge in [-0.15, -0.1) is 0 Å². The standard InChI is InChI=1S/C12H14O5/c1-4-11(14)17-12-9(15-2)5-8(7-13)6-10(12)16-3/h5-7H,4H2,1-3H3. The SMILES string of the molecule is CCC(=O)Oc1c(OC)cc(C=O)cc1OC. The minimum Gasteiger partial charge on any atom is -0.493 e. The third kappa shape index (κ3) is 2.96. The number of carbonyl (C=O) groups is 2. The lowest BCUT2D eigenvalue weighted by Gasteiger charge is -2.13. The van der Waals surface area contributed by atoms with Gasteiger partial charge in [0.15, 0.2) is 11.5 Å². The van der Waals surface area contributed by atoms with Gasteiger partial charge in [-0.1, -0.05) is 6.92 Å². The number of methoxy groups -OCH3 is 2. The Labute approximate surface area is 99.3 Å². The predicted molar refractivity (Wildman–Crippen MR) is 60.9 cm³/mol. The van der Waals surface area contributed by atoms with E-state index in [2.05, 4.69) is 0 Å². The Balaban J connectivity index is 3.24. The summed E-state index contributed by atoms with van der Waals surface area (Å²) in [4.78, 5) is 22.0. The second kappa shape index (κ2) is 5.89. The lowest BCUT2D eigenvalue weighted by Crippen LogP contribution is -2.08. The van der Waals surface area contributed by atoms with Crippen LogP contribution in [0.5, 0.6) is 17.2 Å². The van der Waals surface area contributed by atoms with Crippen LogP contribution in [-0.4, -0.2) is 26.5 Å². The Kier molecular flexibility index (Phi) is 4.51. The first-order valence-electron chi connectivity index (χ1n) is 5.08. The summed E-state index contributed by atoms with van der Waals surface area (Å²) in [6.07, 6.45) is 0.901. The van der Waals surface area contributed by atoms with E-state index in [1.165, 1.54) is 26.4 Å². The molecule has 0 atom stereocenters. The van der Waals surface area contributed by atoms with Crippen LogP contribution in [0.3, 0.4) is 0 Å². The summed E-state index contributed by atoms with van der Waals surface area (Å²) >= 11 is 0. The summed E-state index contributed by atoms with van der Waals surface area (Å²) in [5.41, 5.74) is 0.384. The first-order valence-corrected chi connectivity index (χ1v) is 5.08. The molecular formula is C12H14O5. The molecule has 92 valence electrons. The van der Waals surface area contributed by atoms with Crippen molar-refractivity contribution in [2.75, 3.05) is 14.2 Å². The van der Waals surface area contributed by atoms with Crippen LogP contribution in [0.25, 0.3) is 0 Å². The van der Waals surface area contributed by atoms with E-state index in [1.54, 1.807) is 6.92 Å².